The van der Waals surface area contributed by atoms with Crippen LogP contribution in [0.2, 0.25) is 0 Å². The molecule has 2 rings (SSSR count). The Bertz CT molecular complexity index is 810. The van der Waals surface area contributed by atoms with E-state index in [9.17, 15) is 9.59 Å². The second-order valence-electron chi connectivity index (χ2n) is 7.80. The summed E-state index contributed by atoms with van der Waals surface area (Å²) >= 11 is 1.76. The Balaban J connectivity index is 2.05. The minimum Gasteiger partial charge on any atom is -0.354 e. The second kappa shape index (κ2) is 13.9. The molecule has 31 heavy (non-hydrogen) atoms. The molecule has 168 valence electrons. The van der Waals surface area contributed by atoms with E-state index in [2.05, 4.69) is 37.4 Å². The van der Waals surface area contributed by atoms with E-state index in [1.165, 1.54) is 5.56 Å². The number of hydrogen-bond acceptors (Lipinski definition) is 3. The van der Waals surface area contributed by atoms with Crippen LogP contribution in [0, 0.1) is 6.92 Å². The summed E-state index contributed by atoms with van der Waals surface area (Å²) in [6.45, 7) is 7.26. The Morgan fingerprint density at radius 3 is 2.42 bits per heavy atom. The van der Waals surface area contributed by atoms with Crippen molar-refractivity contribution in [1.82, 2.24) is 10.2 Å². The van der Waals surface area contributed by atoms with E-state index in [-0.39, 0.29) is 11.8 Å². The predicted octanol–water partition coefficient (Wildman–Crippen LogP) is 5.34. The number of thioether (sulfide) groups is 1. The van der Waals surface area contributed by atoms with Crippen molar-refractivity contribution in [3.05, 3.63) is 71.3 Å². The summed E-state index contributed by atoms with van der Waals surface area (Å²) in [5.74, 6) is 1.63. The summed E-state index contributed by atoms with van der Waals surface area (Å²) in [5, 5.41) is 3.02. The number of aryl methyl sites for hydroxylation is 1. The van der Waals surface area contributed by atoms with Crippen LogP contribution in [-0.2, 0) is 21.9 Å². The summed E-state index contributed by atoms with van der Waals surface area (Å²) < 4.78 is 0. The van der Waals surface area contributed by atoms with Gasteiger partial charge in [0.15, 0.2) is 0 Å². The van der Waals surface area contributed by atoms with E-state index >= 15 is 0 Å². The fourth-order valence-corrected chi connectivity index (χ4v) is 4.36. The molecule has 0 aliphatic carbocycles. The van der Waals surface area contributed by atoms with Gasteiger partial charge in [-0.25, -0.2) is 0 Å². The first-order valence-electron chi connectivity index (χ1n) is 11.3. The van der Waals surface area contributed by atoms with Crippen LogP contribution in [0.1, 0.15) is 56.2 Å². The van der Waals surface area contributed by atoms with Gasteiger partial charge in [-0.1, -0.05) is 74.9 Å². The molecule has 0 aliphatic rings. The van der Waals surface area contributed by atoms with Crippen molar-refractivity contribution in [3.8, 4) is 0 Å². The standard InChI is InChI=1S/C26H36N2O2S/c1-4-6-17-27-26(30)24(5-2)28(19-23-15-11-10-12-21(23)3)25(29)16-18-31-20-22-13-8-7-9-14-22/h7-15,24H,4-6,16-20H2,1-3H3,(H,27,30)/t24-/m1/s1. The van der Waals surface area contributed by atoms with Crippen LogP contribution in [0.25, 0.3) is 0 Å². The average Bonchev–Trinajstić information content (AvgIpc) is 2.78. The van der Waals surface area contributed by atoms with Gasteiger partial charge in [0.2, 0.25) is 11.8 Å². The van der Waals surface area contributed by atoms with Gasteiger partial charge < -0.3 is 10.2 Å². The fraction of sp³-hybridized carbons (Fsp3) is 0.462. The van der Waals surface area contributed by atoms with Crippen molar-refractivity contribution in [1.29, 1.82) is 0 Å². The van der Waals surface area contributed by atoms with Gasteiger partial charge in [-0.05, 0) is 36.5 Å². The number of carbonyl (C=O) groups excluding carboxylic acids is 2. The molecule has 0 saturated heterocycles. The molecule has 2 aromatic rings. The van der Waals surface area contributed by atoms with Gasteiger partial charge in [0, 0.05) is 31.0 Å². The molecule has 5 heteroatoms. The van der Waals surface area contributed by atoms with Crippen molar-refractivity contribution in [2.75, 3.05) is 12.3 Å². The molecule has 0 radical (unpaired) electrons. The topological polar surface area (TPSA) is 49.4 Å². The first-order valence-corrected chi connectivity index (χ1v) is 12.5. The molecule has 0 heterocycles. The lowest BCUT2D eigenvalue weighted by atomic mass is 10.1. The smallest absolute Gasteiger partial charge is 0.242 e. The van der Waals surface area contributed by atoms with E-state index < -0.39 is 6.04 Å². The zero-order valence-electron chi connectivity index (χ0n) is 19.1. The largest absolute Gasteiger partial charge is 0.354 e. The Morgan fingerprint density at radius 2 is 1.74 bits per heavy atom. The number of carbonyl (C=O) groups is 2. The summed E-state index contributed by atoms with van der Waals surface area (Å²) in [6, 6.07) is 17.9. The van der Waals surface area contributed by atoms with Gasteiger partial charge in [-0.2, -0.15) is 11.8 Å². The summed E-state index contributed by atoms with van der Waals surface area (Å²) in [4.78, 5) is 27.9. The number of rotatable bonds is 13. The summed E-state index contributed by atoms with van der Waals surface area (Å²) in [6.07, 6.45) is 3.01. The predicted molar refractivity (Wildman–Crippen MR) is 131 cm³/mol. The van der Waals surface area contributed by atoms with E-state index in [0.29, 0.717) is 25.9 Å². The molecular formula is C26H36N2O2S. The zero-order chi connectivity index (χ0) is 22.5. The Kier molecular flexibility index (Phi) is 11.2. The SMILES string of the molecule is CCCCNC(=O)[C@@H](CC)N(Cc1ccccc1C)C(=O)CCSCc1ccccc1. The van der Waals surface area contributed by atoms with Crippen LogP contribution < -0.4 is 5.32 Å². The molecule has 2 aromatic carbocycles. The normalized spacial score (nSPS) is 11.7. The fourth-order valence-electron chi connectivity index (χ4n) is 3.46. The van der Waals surface area contributed by atoms with Gasteiger partial charge >= 0.3 is 0 Å². The molecule has 0 fully saturated rings. The maximum Gasteiger partial charge on any atom is 0.242 e. The van der Waals surface area contributed by atoms with Crippen molar-refractivity contribution in [3.63, 3.8) is 0 Å². The average molecular weight is 441 g/mol. The summed E-state index contributed by atoms with van der Waals surface area (Å²) in [7, 11) is 0. The third-order valence-electron chi connectivity index (χ3n) is 5.39. The third kappa shape index (κ3) is 8.41. The number of amides is 2. The molecule has 0 bridgehead atoms. The summed E-state index contributed by atoms with van der Waals surface area (Å²) in [5.41, 5.74) is 3.49. The van der Waals surface area contributed by atoms with Crippen LogP contribution in [0.5, 0.6) is 0 Å². The van der Waals surface area contributed by atoms with Crippen molar-refractivity contribution < 1.29 is 9.59 Å². The molecule has 0 aliphatic heterocycles. The molecule has 1 N–H and O–H groups in total. The lowest BCUT2D eigenvalue weighted by Gasteiger charge is -2.31. The van der Waals surface area contributed by atoms with Crippen LogP contribution in [-0.4, -0.2) is 35.1 Å². The number of hydrogen-bond donors (Lipinski definition) is 1. The molecule has 1 atom stereocenters. The number of benzene rings is 2. The molecule has 0 spiro atoms. The van der Waals surface area contributed by atoms with Crippen LogP contribution >= 0.6 is 11.8 Å². The molecule has 4 nitrogen and oxygen atoms in total. The first kappa shape index (κ1) is 25.0. The highest BCUT2D eigenvalue weighted by Gasteiger charge is 2.28. The van der Waals surface area contributed by atoms with Gasteiger partial charge in [0.25, 0.3) is 0 Å². The van der Waals surface area contributed by atoms with Crippen LogP contribution in [0.15, 0.2) is 54.6 Å². The van der Waals surface area contributed by atoms with Crippen molar-refractivity contribution in [2.45, 2.75) is 64.8 Å². The van der Waals surface area contributed by atoms with Crippen LogP contribution in [0.3, 0.4) is 0 Å². The van der Waals surface area contributed by atoms with E-state index in [1.54, 1.807) is 16.7 Å². The Labute approximate surface area is 191 Å². The second-order valence-corrected chi connectivity index (χ2v) is 8.91. The Hall–Kier alpha value is -2.27. The highest BCUT2D eigenvalue weighted by molar-refractivity contribution is 7.98. The molecule has 2 amide bonds. The minimum absolute atomic E-state index is 0.0429. The molecule has 0 aromatic heterocycles. The highest BCUT2D eigenvalue weighted by atomic mass is 32.2. The molecule has 0 unspecified atom stereocenters. The van der Waals surface area contributed by atoms with Crippen molar-refractivity contribution >= 4 is 23.6 Å². The third-order valence-corrected chi connectivity index (χ3v) is 6.42. The maximum absolute atomic E-state index is 13.2. The maximum atomic E-state index is 13.2. The van der Waals surface area contributed by atoms with Crippen molar-refractivity contribution in [2.24, 2.45) is 0 Å². The van der Waals surface area contributed by atoms with Gasteiger partial charge in [-0.15, -0.1) is 0 Å². The van der Waals surface area contributed by atoms with Crippen LogP contribution in [0.4, 0.5) is 0 Å². The zero-order valence-corrected chi connectivity index (χ0v) is 19.9. The minimum atomic E-state index is -0.442. The Morgan fingerprint density at radius 1 is 1.03 bits per heavy atom. The first-order chi connectivity index (χ1) is 15.1. The van der Waals surface area contributed by atoms with E-state index in [1.807, 2.05) is 43.3 Å². The lowest BCUT2D eigenvalue weighted by Crippen LogP contribution is -2.49. The monoisotopic (exact) mass is 440 g/mol. The van der Waals surface area contributed by atoms with E-state index in [0.717, 1.165) is 35.5 Å². The van der Waals surface area contributed by atoms with E-state index in [4.69, 9.17) is 0 Å². The van der Waals surface area contributed by atoms with Gasteiger partial charge in [-0.3, -0.25) is 9.59 Å². The molecule has 0 saturated carbocycles. The lowest BCUT2D eigenvalue weighted by molar-refractivity contribution is -0.141. The number of unbranched alkanes of at least 4 members (excludes halogenated alkanes) is 1. The number of nitrogens with one attached hydrogen (secondary N) is 1. The quantitative estimate of drug-likeness (QED) is 0.428. The highest BCUT2D eigenvalue weighted by Crippen LogP contribution is 2.18. The van der Waals surface area contributed by atoms with Gasteiger partial charge in [0.1, 0.15) is 6.04 Å². The molecular weight excluding hydrogens is 404 g/mol. The number of nitrogens with zero attached hydrogens (tertiary/aromatic N) is 1. The van der Waals surface area contributed by atoms with Gasteiger partial charge in [0.05, 0.1) is 0 Å².